The lowest BCUT2D eigenvalue weighted by molar-refractivity contribution is 0.209. The Morgan fingerprint density at radius 2 is 2.29 bits per heavy atom. The van der Waals surface area contributed by atoms with Crippen molar-refractivity contribution < 1.29 is 12.8 Å². The number of hydrogen-bond donors (Lipinski definition) is 2. The smallest absolute Gasteiger partial charge is 0.266 e. The van der Waals surface area contributed by atoms with Gasteiger partial charge in [0, 0.05) is 30.2 Å². The quantitative estimate of drug-likeness (QED) is 0.703. The molecule has 0 saturated carbocycles. The molecule has 1 aromatic heterocycles. The van der Waals surface area contributed by atoms with Crippen molar-refractivity contribution in [2.75, 3.05) is 29.7 Å². The number of benzene rings is 1. The van der Waals surface area contributed by atoms with E-state index in [1.165, 1.54) is 6.20 Å². The highest BCUT2D eigenvalue weighted by atomic mass is 35.5. The van der Waals surface area contributed by atoms with Crippen LogP contribution in [0, 0.1) is 11.7 Å². The zero-order chi connectivity index (χ0) is 19.9. The van der Waals surface area contributed by atoms with E-state index in [0.29, 0.717) is 18.2 Å². The van der Waals surface area contributed by atoms with Gasteiger partial charge in [-0.15, -0.1) is 11.3 Å². The Balaban J connectivity index is 1.53. The van der Waals surface area contributed by atoms with Gasteiger partial charge in [-0.2, -0.15) is 0 Å². The maximum atomic E-state index is 14.6. The van der Waals surface area contributed by atoms with E-state index in [1.807, 2.05) is 0 Å². The second kappa shape index (κ2) is 7.44. The molecule has 0 bridgehead atoms. The van der Waals surface area contributed by atoms with Crippen LogP contribution in [0.4, 0.5) is 15.2 Å². The van der Waals surface area contributed by atoms with E-state index in [-0.39, 0.29) is 15.7 Å². The lowest BCUT2D eigenvalue weighted by atomic mass is 9.90. The highest BCUT2D eigenvalue weighted by Crippen LogP contribution is 2.42. The van der Waals surface area contributed by atoms with Crippen molar-refractivity contribution in [2.24, 2.45) is 5.92 Å². The first-order valence-corrected chi connectivity index (χ1v) is 11.9. The molecular formula is C18H22ClFN4O2S2. The maximum Gasteiger partial charge on any atom is 0.266 e. The van der Waals surface area contributed by atoms with Crippen molar-refractivity contribution in [3.63, 3.8) is 0 Å². The number of anilines is 2. The Kier molecular flexibility index (Phi) is 5.28. The van der Waals surface area contributed by atoms with Gasteiger partial charge in [-0.25, -0.2) is 17.8 Å². The first kappa shape index (κ1) is 19.9. The lowest BCUT2D eigenvalue weighted by Crippen LogP contribution is -2.44. The molecule has 2 N–H and O–H groups in total. The largest absolute Gasteiger partial charge is 0.382 e. The monoisotopic (exact) mass is 444 g/mol. The summed E-state index contributed by atoms with van der Waals surface area (Å²) in [5.74, 6) is -0.213. The summed E-state index contributed by atoms with van der Waals surface area (Å²) < 4.78 is 41.8. The molecule has 6 nitrogen and oxygen atoms in total. The molecule has 0 spiro atoms. The van der Waals surface area contributed by atoms with E-state index in [1.54, 1.807) is 5.38 Å². The molecule has 0 radical (unpaired) electrons. The van der Waals surface area contributed by atoms with Gasteiger partial charge in [0.25, 0.3) is 10.0 Å². The van der Waals surface area contributed by atoms with Gasteiger partial charge in [0.15, 0.2) is 5.13 Å². The fourth-order valence-corrected chi connectivity index (χ4v) is 6.62. The van der Waals surface area contributed by atoms with E-state index in [4.69, 9.17) is 11.6 Å². The highest BCUT2D eigenvalue weighted by Gasteiger charge is 2.46. The van der Waals surface area contributed by atoms with E-state index in [9.17, 15) is 12.8 Å². The summed E-state index contributed by atoms with van der Waals surface area (Å²) >= 11 is 7.41. The summed E-state index contributed by atoms with van der Waals surface area (Å²) in [5, 5.41) is 5.24. The van der Waals surface area contributed by atoms with Crippen LogP contribution in [0.25, 0.3) is 0 Å². The molecule has 2 fully saturated rings. The van der Waals surface area contributed by atoms with Crippen molar-refractivity contribution in [1.82, 2.24) is 9.88 Å². The molecule has 2 atom stereocenters. The van der Waals surface area contributed by atoms with Crippen molar-refractivity contribution in [1.29, 1.82) is 0 Å². The number of thiazole rings is 1. The van der Waals surface area contributed by atoms with Crippen LogP contribution in [-0.4, -0.2) is 43.5 Å². The normalized spacial score (nSPS) is 25.0. The Morgan fingerprint density at radius 1 is 1.46 bits per heavy atom. The summed E-state index contributed by atoms with van der Waals surface area (Å²) in [7, 11) is -4.10. The summed E-state index contributed by atoms with van der Waals surface area (Å²) in [5.41, 5.74) is 0.490. The van der Waals surface area contributed by atoms with Crippen LogP contribution in [0.3, 0.4) is 0 Å². The molecule has 2 saturated heterocycles. The van der Waals surface area contributed by atoms with E-state index in [2.05, 4.69) is 26.8 Å². The average molecular weight is 445 g/mol. The molecule has 0 amide bonds. The fraction of sp³-hybridized carbons (Fsp3) is 0.500. The maximum absolute atomic E-state index is 14.6. The summed E-state index contributed by atoms with van der Waals surface area (Å²) in [6.45, 7) is 5.10. The SMILES string of the molecule is C[C@H]1CN2CCC[C@]2(CNc2cc(F)c(S(=O)(=O)Nc3nccs3)cc2Cl)C1. The number of nitrogens with zero attached hydrogens (tertiary/aromatic N) is 2. The van der Waals surface area contributed by atoms with Crippen LogP contribution in [0.2, 0.25) is 5.02 Å². The third-order valence-electron chi connectivity index (χ3n) is 5.57. The van der Waals surface area contributed by atoms with Gasteiger partial charge >= 0.3 is 0 Å². The van der Waals surface area contributed by atoms with Gasteiger partial charge < -0.3 is 5.32 Å². The molecule has 0 aliphatic carbocycles. The predicted molar refractivity (Wildman–Crippen MR) is 110 cm³/mol. The van der Waals surface area contributed by atoms with E-state index < -0.39 is 20.7 Å². The van der Waals surface area contributed by atoms with Gasteiger partial charge in [-0.1, -0.05) is 18.5 Å². The van der Waals surface area contributed by atoms with Crippen molar-refractivity contribution in [3.05, 3.63) is 34.5 Å². The molecule has 0 unspecified atom stereocenters. The number of sulfonamides is 1. The molecule has 1 aromatic carbocycles. The molecule has 28 heavy (non-hydrogen) atoms. The van der Waals surface area contributed by atoms with Crippen molar-refractivity contribution >= 4 is 43.8 Å². The molecule has 3 heterocycles. The van der Waals surface area contributed by atoms with Crippen LogP contribution in [0.1, 0.15) is 26.2 Å². The predicted octanol–water partition coefficient (Wildman–Crippen LogP) is 4.02. The minimum Gasteiger partial charge on any atom is -0.382 e. The summed E-state index contributed by atoms with van der Waals surface area (Å²) in [4.78, 5) is 5.88. The minimum absolute atomic E-state index is 0.0797. The number of rotatable bonds is 6. The molecule has 2 aliphatic rings. The van der Waals surface area contributed by atoms with Gasteiger partial charge in [-0.3, -0.25) is 9.62 Å². The Morgan fingerprint density at radius 3 is 3.04 bits per heavy atom. The Labute approximate surface area is 173 Å². The van der Waals surface area contributed by atoms with Crippen LogP contribution in [0.5, 0.6) is 0 Å². The van der Waals surface area contributed by atoms with E-state index in [0.717, 1.165) is 55.8 Å². The Hall–Kier alpha value is -1.42. The zero-order valence-electron chi connectivity index (χ0n) is 15.4. The number of nitrogens with one attached hydrogen (secondary N) is 2. The van der Waals surface area contributed by atoms with Gasteiger partial charge in [0.05, 0.1) is 10.7 Å². The molecular weight excluding hydrogens is 423 g/mol. The molecule has 10 heteroatoms. The second-order valence-electron chi connectivity index (χ2n) is 7.64. The number of fused-ring (bicyclic) bond motifs is 1. The third-order valence-corrected chi connectivity index (χ3v) is 8.06. The lowest BCUT2D eigenvalue weighted by Gasteiger charge is -2.32. The second-order valence-corrected chi connectivity index (χ2v) is 10.6. The van der Waals surface area contributed by atoms with Gasteiger partial charge in [-0.05, 0) is 43.9 Å². The van der Waals surface area contributed by atoms with Gasteiger partial charge in [0.1, 0.15) is 10.7 Å². The highest BCUT2D eigenvalue weighted by molar-refractivity contribution is 7.93. The van der Waals surface area contributed by atoms with Crippen LogP contribution in [0.15, 0.2) is 28.6 Å². The minimum atomic E-state index is -4.10. The number of hydrogen-bond acceptors (Lipinski definition) is 6. The fourth-order valence-electron chi connectivity index (χ4n) is 4.45. The average Bonchev–Trinajstić information content (AvgIpc) is 3.31. The van der Waals surface area contributed by atoms with Crippen molar-refractivity contribution in [2.45, 2.75) is 36.6 Å². The van der Waals surface area contributed by atoms with Crippen molar-refractivity contribution in [3.8, 4) is 0 Å². The first-order valence-electron chi connectivity index (χ1n) is 9.19. The molecule has 152 valence electrons. The molecule has 2 aromatic rings. The summed E-state index contributed by atoms with van der Waals surface area (Å²) in [6, 6.07) is 2.31. The van der Waals surface area contributed by atoms with Crippen LogP contribution in [-0.2, 0) is 10.0 Å². The zero-order valence-corrected chi connectivity index (χ0v) is 17.8. The number of aromatic nitrogens is 1. The summed E-state index contributed by atoms with van der Waals surface area (Å²) in [6.07, 6.45) is 4.84. The molecule has 2 aliphatic heterocycles. The molecule has 4 rings (SSSR count). The Bertz CT molecular complexity index is 970. The third kappa shape index (κ3) is 3.72. The number of halogens is 2. The van der Waals surface area contributed by atoms with Gasteiger partial charge in [0.2, 0.25) is 0 Å². The topological polar surface area (TPSA) is 74.3 Å². The van der Waals surface area contributed by atoms with E-state index >= 15 is 0 Å². The first-order chi connectivity index (χ1) is 13.3. The van der Waals surface area contributed by atoms with Crippen LogP contribution >= 0.6 is 22.9 Å². The van der Waals surface area contributed by atoms with Crippen LogP contribution < -0.4 is 10.0 Å². The standard InChI is InChI=1S/C18H22ClFN4O2S2/c1-12-9-18(3-2-5-24(18)10-12)11-22-15-8-14(20)16(7-13(15)19)28(25,26)23-17-21-4-6-27-17/h4,6-8,12,22H,2-3,5,9-11H2,1H3,(H,21,23)/t12-,18-/m1/s1.